The van der Waals surface area contributed by atoms with E-state index in [1.165, 1.54) is 5.56 Å². The van der Waals surface area contributed by atoms with Gasteiger partial charge in [0.05, 0.1) is 13.2 Å². The van der Waals surface area contributed by atoms with Gasteiger partial charge in [0.1, 0.15) is 5.75 Å². The summed E-state index contributed by atoms with van der Waals surface area (Å²) in [5.41, 5.74) is 6.66. The lowest BCUT2D eigenvalue weighted by Crippen LogP contribution is -2.30. The molecule has 1 aliphatic rings. The van der Waals surface area contributed by atoms with Gasteiger partial charge >= 0.3 is 0 Å². The first-order valence-corrected chi connectivity index (χ1v) is 6.89. The fourth-order valence-electron chi connectivity index (χ4n) is 2.63. The van der Waals surface area contributed by atoms with Crippen molar-refractivity contribution in [3.63, 3.8) is 0 Å². The second kappa shape index (κ2) is 8.12. The van der Waals surface area contributed by atoms with E-state index in [2.05, 4.69) is 12.1 Å². The first-order valence-electron chi connectivity index (χ1n) is 6.89. The van der Waals surface area contributed by atoms with Gasteiger partial charge in [-0.05, 0) is 43.5 Å². The average Bonchev–Trinajstić information content (AvgIpc) is 2.94. The highest BCUT2D eigenvalue weighted by Gasteiger charge is 2.29. The number of nitrogens with zero attached hydrogens (tertiary/aromatic N) is 1. The van der Waals surface area contributed by atoms with Gasteiger partial charge in [-0.25, -0.2) is 0 Å². The van der Waals surface area contributed by atoms with Crippen LogP contribution in [0.25, 0.3) is 0 Å². The van der Waals surface area contributed by atoms with E-state index < -0.39 is 0 Å². The summed E-state index contributed by atoms with van der Waals surface area (Å²) in [5, 5.41) is 0. The number of likely N-dealkylation sites (tertiary alicyclic amines) is 1. The Balaban J connectivity index is 0.00000200. The SMILES string of the molecule is COc1ccc(C2CCCN2C(=O)CCCN)cc1.Cl. The molecule has 2 N–H and O–H groups in total. The van der Waals surface area contributed by atoms with Gasteiger partial charge < -0.3 is 15.4 Å². The largest absolute Gasteiger partial charge is 0.497 e. The standard InChI is InChI=1S/C15H22N2O2.ClH/c1-19-13-8-6-12(7-9-13)14-4-3-11-17(14)15(18)5-2-10-16;/h6-9,14H,2-5,10-11,16H2,1H3;1H. The number of rotatable bonds is 5. The molecule has 1 unspecified atom stereocenters. The highest BCUT2D eigenvalue weighted by molar-refractivity contribution is 5.85. The highest BCUT2D eigenvalue weighted by Crippen LogP contribution is 2.33. The third kappa shape index (κ3) is 3.87. The Morgan fingerprint density at radius 1 is 1.40 bits per heavy atom. The van der Waals surface area contributed by atoms with Crippen LogP contribution < -0.4 is 10.5 Å². The quantitative estimate of drug-likeness (QED) is 0.909. The van der Waals surface area contributed by atoms with Crippen LogP contribution in [0.3, 0.4) is 0 Å². The van der Waals surface area contributed by atoms with Crippen LogP contribution in [0.2, 0.25) is 0 Å². The van der Waals surface area contributed by atoms with E-state index in [0.29, 0.717) is 13.0 Å². The number of carbonyl (C=O) groups excluding carboxylic acids is 1. The molecule has 1 amide bonds. The molecule has 1 aromatic carbocycles. The van der Waals surface area contributed by atoms with Crippen molar-refractivity contribution < 1.29 is 9.53 Å². The number of hydrogen-bond acceptors (Lipinski definition) is 3. The van der Waals surface area contributed by atoms with Crippen LogP contribution in [0.5, 0.6) is 5.75 Å². The normalized spacial score (nSPS) is 17.7. The number of methoxy groups -OCH3 is 1. The van der Waals surface area contributed by atoms with Crippen molar-refractivity contribution in [3.05, 3.63) is 29.8 Å². The molecule has 1 atom stereocenters. The zero-order chi connectivity index (χ0) is 13.7. The van der Waals surface area contributed by atoms with Gasteiger partial charge in [-0.15, -0.1) is 12.4 Å². The third-order valence-corrected chi connectivity index (χ3v) is 3.67. The van der Waals surface area contributed by atoms with Gasteiger partial charge in [-0.3, -0.25) is 4.79 Å². The summed E-state index contributed by atoms with van der Waals surface area (Å²) in [6.07, 6.45) is 3.44. The molecule has 1 fully saturated rings. The zero-order valence-electron chi connectivity index (χ0n) is 11.9. The summed E-state index contributed by atoms with van der Waals surface area (Å²) in [5.74, 6) is 1.08. The average molecular weight is 299 g/mol. The van der Waals surface area contributed by atoms with Crippen molar-refractivity contribution in [3.8, 4) is 5.75 Å². The minimum absolute atomic E-state index is 0. The molecule has 0 radical (unpaired) electrons. The number of nitrogens with two attached hydrogens (primary N) is 1. The van der Waals surface area contributed by atoms with Crippen LogP contribution in [-0.4, -0.2) is 31.0 Å². The first kappa shape index (κ1) is 16.8. The number of halogens is 1. The Morgan fingerprint density at radius 2 is 2.10 bits per heavy atom. The molecule has 1 saturated heterocycles. The smallest absolute Gasteiger partial charge is 0.223 e. The molecule has 0 spiro atoms. The summed E-state index contributed by atoms with van der Waals surface area (Å²) in [6.45, 7) is 1.44. The molecule has 5 heteroatoms. The highest BCUT2D eigenvalue weighted by atomic mass is 35.5. The van der Waals surface area contributed by atoms with Gasteiger partial charge in [0.25, 0.3) is 0 Å². The maximum Gasteiger partial charge on any atom is 0.223 e. The molecule has 0 saturated carbocycles. The number of amides is 1. The first-order chi connectivity index (χ1) is 9.26. The number of benzene rings is 1. The topological polar surface area (TPSA) is 55.6 Å². The van der Waals surface area contributed by atoms with Crippen LogP contribution >= 0.6 is 12.4 Å². The third-order valence-electron chi connectivity index (χ3n) is 3.67. The van der Waals surface area contributed by atoms with E-state index in [0.717, 1.165) is 31.6 Å². The van der Waals surface area contributed by atoms with E-state index >= 15 is 0 Å². The van der Waals surface area contributed by atoms with Crippen LogP contribution in [0.4, 0.5) is 0 Å². The minimum Gasteiger partial charge on any atom is -0.497 e. The van der Waals surface area contributed by atoms with Gasteiger partial charge in [-0.2, -0.15) is 0 Å². The molecular formula is C15H23ClN2O2. The summed E-state index contributed by atoms with van der Waals surface area (Å²) < 4.78 is 5.16. The van der Waals surface area contributed by atoms with Crippen LogP contribution in [0, 0.1) is 0 Å². The van der Waals surface area contributed by atoms with E-state index in [4.69, 9.17) is 10.5 Å². The van der Waals surface area contributed by atoms with Gasteiger partial charge in [0, 0.05) is 13.0 Å². The zero-order valence-corrected chi connectivity index (χ0v) is 12.7. The fraction of sp³-hybridized carbons (Fsp3) is 0.533. The molecule has 0 aromatic heterocycles. The van der Waals surface area contributed by atoms with Crippen molar-refractivity contribution in [2.24, 2.45) is 5.73 Å². The van der Waals surface area contributed by atoms with E-state index in [-0.39, 0.29) is 24.4 Å². The maximum atomic E-state index is 12.2. The molecule has 20 heavy (non-hydrogen) atoms. The van der Waals surface area contributed by atoms with E-state index in [1.807, 2.05) is 17.0 Å². The second-order valence-electron chi connectivity index (χ2n) is 4.91. The van der Waals surface area contributed by atoms with Crippen molar-refractivity contribution in [1.29, 1.82) is 0 Å². The van der Waals surface area contributed by atoms with E-state index in [1.54, 1.807) is 7.11 Å². The van der Waals surface area contributed by atoms with Crippen LogP contribution in [-0.2, 0) is 4.79 Å². The van der Waals surface area contributed by atoms with Gasteiger partial charge in [0.15, 0.2) is 0 Å². The molecular weight excluding hydrogens is 276 g/mol. The molecule has 1 aliphatic heterocycles. The molecule has 1 heterocycles. The molecule has 112 valence electrons. The fourth-order valence-corrected chi connectivity index (χ4v) is 2.63. The number of ether oxygens (including phenoxy) is 1. The number of hydrogen-bond donors (Lipinski definition) is 1. The summed E-state index contributed by atoms with van der Waals surface area (Å²) >= 11 is 0. The summed E-state index contributed by atoms with van der Waals surface area (Å²) in [4.78, 5) is 14.2. The maximum absolute atomic E-state index is 12.2. The Bertz CT molecular complexity index is 422. The molecule has 4 nitrogen and oxygen atoms in total. The Hall–Kier alpha value is -1.26. The predicted molar refractivity (Wildman–Crippen MR) is 82.2 cm³/mol. The van der Waals surface area contributed by atoms with Crippen molar-refractivity contribution >= 4 is 18.3 Å². The predicted octanol–water partition coefficient (Wildman–Crippen LogP) is 2.52. The second-order valence-corrected chi connectivity index (χ2v) is 4.91. The Kier molecular flexibility index (Phi) is 6.82. The summed E-state index contributed by atoms with van der Waals surface area (Å²) in [6, 6.07) is 8.24. The number of carbonyl (C=O) groups is 1. The van der Waals surface area contributed by atoms with Crippen LogP contribution in [0.15, 0.2) is 24.3 Å². The van der Waals surface area contributed by atoms with Gasteiger partial charge in [-0.1, -0.05) is 12.1 Å². The van der Waals surface area contributed by atoms with Crippen molar-refractivity contribution in [1.82, 2.24) is 4.90 Å². The lowest BCUT2D eigenvalue weighted by molar-refractivity contribution is -0.132. The molecule has 0 aliphatic carbocycles. The molecule has 0 bridgehead atoms. The van der Waals surface area contributed by atoms with Crippen LogP contribution in [0.1, 0.15) is 37.3 Å². The van der Waals surface area contributed by atoms with Crippen molar-refractivity contribution in [2.75, 3.05) is 20.2 Å². The minimum atomic E-state index is 0. The monoisotopic (exact) mass is 298 g/mol. The summed E-state index contributed by atoms with van der Waals surface area (Å²) in [7, 11) is 1.66. The lowest BCUT2D eigenvalue weighted by atomic mass is 10.0. The van der Waals surface area contributed by atoms with E-state index in [9.17, 15) is 4.79 Å². The Labute approximate surface area is 126 Å². The Morgan fingerprint density at radius 3 is 2.70 bits per heavy atom. The van der Waals surface area contributed by atoms with Crippen molar-refractivity contribution in [2.45, 2.75) is 31.7 Å². The molecule has 2 rings (SSSR count). The lowest BCUT2D eigenvalue weighted by Gasteiger charge is -2.25. The molecule has 1 aromatic rings. The van der Waals surface area contributed by atoms with Gasteiger partial charge in [0.2, 0.25) is 5.91 Å².